The highest BCUT2D eigenvalue weighted by Crippen LogP contribution is 2.31. The molecule has 1 aromatic carbocycles. The van der Waals surface area contributed by atoms with E-state index in [0.717, 1.165) is 25.2 Å². The second-order valence-corrected chi connectivity index (χ2v) is 5.97. The fourth-order valence-corrected chi connectivity index (χ4v) is 2.75. The van der Waals surface area contributed by atoms with Crippen LogP contribution >= 0.6 is 0 Å². The van der Waals surface area contributed by atoms with Crippen LogP contribution in [0.25, 0.3) is 0 Å². The number of hydrogen-bond donors (Lipinski definition) is 2. The molecule has 3 rings (SSSR count). The maximum Gasteiger partial charge on any atom is 0.417 e. The van der Waals surface area contributed by atoms with Crippen LogP contribution in [0.3, 0.4) is 0 Å². The van der Waals surface area contributed by atoms with Crippen LogP contribution in [-0.4, -0.2) is 47.6 Å². The van der Waals surface area contributed by atoms with Gasteiger partial charge in [-0.05, 0) is 19.2 Å². The number of carbonyl (C=O) groups excluding carboxylic acids is 1. The van der Waals surface area contributed by atoms with E-state index in [1.807, 2.05) is 7.05 Å². The Labute approximate surface area is 147 Å². The van der Waals surface area contributed by atoms with Gasteiger partial charge in [-0.25, -0.2) is 0 Å². The highest BCUT2D eigenvalue weighted by molar-refractivity contribution is 5.95. The monoisotopic (exact) mass is 369 g/mol. The molecule has 140 valence electrons. The first-order chi connectivity index (χ1) is 12.4. The number of hydrogen-bond acceptors (Lipinski definition) is 6. The van der Waals surface area contributed by atoms with Crippen molar-refractivity contribution in [2.45, 2.75) is 18.8 Å². The molecular formula is C16H18F3N5O2. The van der Waals surface area contributed by atoms with Gasteiger partial charge in [0.2, 0.25) is 5.89 Å². The third-order valence-corrected chi connectivity index (χ3v) is 4.17. The Hall–Kier alpha value is -2.46. The van der Waals surface area contributed by atoms with Gasteiger partial charge in [-0.2, -0.15) is 18.2 Å². The lowest BCUT2D eigenvalue weighted by Crippen LogP contribution is -2.44. The number of rotatable bonds is 4. The first-order valence-corrected chi connectivity index (χ1v) is 8.04. The molecule has 2 aromatic rings. The molecule has 2 heterocycles. The molecule has 1 unspecified atom stereocenters. The number of piperazine rings is 1. The molecule has 0 saturated carbocycles. The number of likely N-dealkylation sites (N-methyl/N-ethyl adjacent to an activating group) is 1. The van der Waals surface area contributed by atoms with Gasteiger partial charge < -0.3 is 15.2 Å². The Kier molecular flexibility index (Phi) is 5.23. The minimum atomic E-state index is -4.61. The first kappa shape index (κ1) is 18.3. The zero-order valence-corrected chi connectivity index (χ0v) is 14.0. The molecule has 26 heavy (non-hydrogen) atoms. The molecule has 2 N–H and O–H groups in total. The molecule has 10 heteroatoms. The Balaban J connectivity index is 1.66. The van der Waals surface area contributed by atoms with Crippen LogP contribution in [-0.2, 0) is 12.7 Å². The summed E-state index contributed by atoms with van der Waals surface area (Å²) in [5.74, 6) is -0.245. The average molecular weight is 369 g/mol. The molecular weight excluding hydrogens is 351 g/mol. The van der Waals surface area contributed by atoms with Gasteiger partial charge in [0.05, 0.1) is 23.7 Å². The Morgan fingerprint density at radius 3 is 2.92 bits per heavy atom. The summed E-state index contributed by atoms with van der Waals surface area (Å²) in [6, 6.07) is 4.55. The molecule has 1 aliphatic rings. The highest BCUT2D eigenvalue weighted by atomic mass is 19.4. The second kappa shape index (κ2) is 7.42. The zero-order chi connectivity index (χ0) is 18.7. The van der Waals surface area contributed by atoms with E-state index in [1.54, 1.807) is 0 Å². The lowest BCUT2D eigenvalue weighted by atomic mass is 10.1. The molecule has 0 spiro atoms. The minimum Gasteiger partial charge on any atom is -0.343 e. The van der Waals surface area contributed by atoms with Crippen LogP contribution in [0.2, 0.25) is 0 Å². The lowest BCUT2D eigenvalue weighted by Gasteiger charge is -2.30. The predicted octanol–water partition coefficient (Wildman–Crippen LogP) is 1.59. The summed E-state index contributed by atoms with van der Waals surface area (Å²) in [6.45, 7) is 2.22. The van der Waals surface area contributed by atoms with Gasteiger partial charge in [0.15, 0.2) is 5.82 Å². The van der Waals surface area contributed by atoms with Crippen molar-refractivity contribution < 1.29 is 22.5 Å². The number of alkyl halides is 3. The van der Waals surface area contributed by atoms with Gasteiger partial charge in [0.25, 0.3) is 5.91 Å². The summed E-state index contributed by atoms with van der Waals surface area (Å²) >= 11 is 0. The maximum absolute atomic E-state index is 13.0. The number of nitrogens with zero attached hydrogens (tertiary/aromatic N) is 3. The molecule has 1 aromatic heterocycles. The smallest absolute Gasteiger partial charge is 0.343 e. The predicted molar refractivity (Wildman–Crippen MR) is 85.2 cm³/mol. The fourth-order valence-electron chi connectivity index (χ4n) is 2.75. The van der Waals surface area contributed by atoms with E-state index in [-0.39, 0.29) is 18.5 Å². The summed E-state index contributed by atoms with van der Waals surface area (Å²) in [5.41, 5.74) is -1.44. The van der Waals surface area contributed by atoms with Gasteiger partial charge in [0.1, 0.15) is 0 Å². The van der Waals surface area contributed by atoms with Crippen molar-refractivity contribution in [3.63, 3.8) is 0 Å². The molecule has 1 fully saturated rings. The average Bonchev–Trinajstić information content (AvgIpc) is 3.08. The van der Waals surface area contributed by atoms with Crippen LogP contribution in [0.15, 0.2) is 28.8 Å². The van der Waals surface area contributed by atoms with Gasteiger partial charge in [-0.1, -0.05) is 17.3 Å². The van der Waals surface area contributed by atoms with E-state index >= 15 is 0 Å². The Morgan fingerprint density at radius 1 is 1.42 bits per heavy atom. The molecule has 1 saturated heterocycles. The van der Waals surface area contributed by atoms with Crippen LogP contribution in [0, 0.1) is 0 Å². The van der Waals surface area contributed by atoms with E-state index in [2.05, 4.69) is 25.7 Å². The van der Waals surface area contributed by atoms with Gasteiger partial charge in [-0.15, -0.1) is 0 Å². The number of carbonyl (C=O) groups is 1. The first-order valence-electron chi connectivity index (χ1n) is 8.04. The minimum absolute atomic E-state index is 0.0529. The van der Waals surface area contributed by atoms with Crippen LogP contribution < -0.4 is 10.6 Å². The number of amides is 1. The van der Waals surface area contributed by atoms with E-state index in [1.165, 1.54) is 12.1 Å². The molecule has 1 aliphatic heterocycles. The van der Waals surface area contributed by atoms with Crippen molar-refractivity contribution in [3.8, 4) is 0 Å². The summed E-state index contributed by atoms with van der Waals surface area (Å²) < 4.78 is 44.1. The number of benzene rings is 1. The largest absolute Gasteiger partial charge is 0.417 e. The summed E-state index contributed by atoms with van der Waals surface area (Å²) in [7, 11) is 1.94. The van der Waals surface area contributed by atoms with Crippen LogP contribution in [0.4, 0.5) is 13.2 Å². The van der Waals surface area contributed by atoms with Crippen molar-refractivity contribution in [1.82, 2.24) is 25.7 Å². The van der Waals surface area contributed by atoms with Crippen LogP contribution in [0.5, 0.6) is 0 Å². The van der Waals surface area contributed by atoms with E-state index < -0.39 is 23.2 Å². The summed E-state index contributed by atoms with van der Waals surface area (Å²) in [4.78, 5) is 18.4. The van der Waals surface area contributed by atoms with Gasteiger partial charge in [-0.3, -0.25) is 9.69 Å². The quantitative estimate of drug-likeness (QED) is 0.852. The Morgan fingerprint density at radius 2 is 2.19 bits per heavy atom. The van der Waals surface area contributed by atoms with Crippen molar-refractivity contribution in [2.24, 2.45) is 0 Å². The highest BCUT2D eigenvalue weighted by Gasteiger charge is 2.34. The van der Waals surface area contributed by atoms with Crippen molar-refractivity contribution in [3.05, 3.63) is 47.1 Å². The third-order valence-electron chi connectivity index (χ3n) is 4.17. The zero-order valence-electron chi connectivity index (χ0n) is 14.0. The second-order valence-electron chi connectivity index (χ2n) is 5.97. The van der Waals surface area contributed by atoms with Crippen LogP contribution in [0.1, 0.15) is 33.7 Å². The summed E-state index contributed by atoms with van der Waals surface area (Å²) in [5, 5.41) is 9.51. The third kappa shape index (κ3) is 4.02. The molecule has 0 bridgehead atoms. The normalized spacial score (nSPS) is 18.7. The maximum atomic E-state index is 13.0. The fraction of sp³-hybridized carbons (Fsp3) is 0.438. The van der Waals surface area contributed by atoms with Crippen molar-refractivity contribution in [2.75, 3.05) is 26.7 Å². The number of halogens is 3. The van der Waals surface area contributed by atoms with Gasteiger partial charge in [0, 0.05) is 19.6 Å². The lowest BCUT2D eigenvalue weighted by molar-refractivity contribution is -0.137. The van der Waals surface area contributed by atoms with Crippen molar-refractivity contribution >= 4 is 5.91 Å². The SMILES string of the molecule is CN1CCNCC1c1noc(CNC(=O)c2ccccc2C(F)(F)F)n1. The van der Waals surface area contributed by atoms with E-state index in [0.29, 0.717) is 12.4 Å². The summed E-state index contributed by atoms with van der Waals surface area (Å²) in [6.07, 6.45) is -4.61. The molecule has 7 nitrogen and oxygen atoms in total. The number of nitrogens with one attached hydrogen (secondary N) is 2. The number of aromatic nitrogens is 2. The molecule has 0 radical (unpaired) electrons. The van der Waals surface area contributed by atoms with E-state index in [4.69, 9.17) is 4.52 Å². The van der Waals surface area contributed by atoms with Gasteiger partial charge >= 0.3 is 6.18 Å². The molecule has 1 amide bonds. The molecule has 1 atom stereocenters. The topological polar surface area (TPSA) is 83.3 Å². The standard InChI is InChI=1S/C16H18F3N5O2/c1-24-7-6-20-8-12(24)14-22-13(26-23-14)9-21-15(25)10-4-2-3-5-11(10)16(17,18)19/h2-5,12,20H,6-9H2,1H3,(H,21,25). The molecule has 0 aliphatic carbocycles. The Bertz CT molecular complexity index is 777. The van der Waals surface area contributed by atoms with Crippen molar-refractivity contribution in [1.29, 1.82) is 0 Å². The van der Waals surface area contributed by atoms with E-state index in [9.17, 15) is 18.0 Å².